The van der Waals surface area contributed by atoms with Gasteiger partial charge in [0.05, 0.1) is 11.1 Å². The molecule has 6 heteroatoms. The molecule has 3 aromatic rings. The molecule has 6 nitrogen and oxygen atoms in total. The van der Waals surface area contributed by atoms with Gasteiger partial charge >= 0.3 is 0 Å². The van der Waals surface area contributed by atoms with Crippen LogP contribution in [-0.2, 0) is 0 Å². The van der Waals surface area contributed by atoms with Gasteiger partial charge in [-0.1, -0.05) is 57.2 Å². The maximum Gasteiger partial charge on any atom is 0.292 e. The first-order chi connectivity index (χ1) is 14.8. The van der Waals surface area contributed by atoms with E-state index in [2.05, 4.69) is 36.4 Å². The lowest BCUT2D eigenvalue weighted by molar-refractivity contribution is 0.0949. The first-order valence-corrected chi connectivity index (χ1v) is 10.8. The van der Waals surface area contributed by atoms with Crippen LogP contribution in [0.15, 0.2) is 64.5 Å². The molecule has 2 fully saturated rings. The summed E-state index contributed by atoms with van der Waals surface area (Å²) in [5.74, 6) is 0.199. The highest BCUT2D eigenvalue weighted by Gasteiger charge is 2.60. The van der Waals surface area contributed by atoms with Gasteiger partial charge in [0, 0.05) is 16.5 Å². The summed E-state index contributed by atoms with van der Waals surface area (Å²) in [6.07, 6.45) is 3.23. The normalized spacial score (nSPS) is 25.3. The van der Waals surface area contributed by atoms with E-state index < -0.39 is 5.91 Å². The SMILES string of the molecule is CC1(C)[C@H]2CC[C@]1(C)/C(=N/NC(=O)c1nn(-c3ccccc3)c(=O)c3ccccc13)C2. The van der Waals surface area contributed by atoms with Gasteiger partial charge in [-0.3, -0.25) is 9.59 Å². The number of carbonyl (C=O) groups is 1. The molecule has 0 aliphatic heterocycles. The Balaban J connectivity index is 1.55. The van der Waals surface area contributed by atoms with E-state index in [0.717, 1.165) is 18.6 Å². The number of hydrogen-bond donors (Lipinski definition) is 1. The average Bonchev–Trinajstić information content (AvgIpc) is 3.12. The van der Waals surface area contributed by atoms with Crippen molar-refractivity contribution in [3.63, 3.8) is 0 Å². The van der Waals surface area contributed by atoms with Crippen molar-refractivity contribution < 1.29 is 4.79 Å². The quantitative estimate of drug-likeness (QED) is 0.649. The van der Waals surface area contributed by atoms with E-state index in [4.69, 9.17) is 0 Å². The molecule has 0 unspecified atom stereocenters. The van der Waals surface area contributed by atoms with Crippen LogP contribution in [0.1, 0.15) is 50.5 Å². The molecule has 2 saturated carbocycles. The van der Waals surface area contributed by atoms with E-state index in [9.17, 15) is 9.59 Å². The standard InChI is InChI=1S/C25H26N4O2/c1-24(2)16-13-14-25(24,3)20(15-16)26-27-22(30)21-18-11-7-8-12-19(18)23(31)29(28-21)17-9-5-4-6-10-17/h4-12,16H,13-15H2,1-3H3,(H,27,30)/b26-20+/t16-,25+/m0/s1. The number of fused-ring (bicyclic) bond motifs is 3. The van der Waals surface area contributed by atoms with Gasteiger partial charge in [0.15, 0.2) is 5.69 Å². The number of aromatic nitrogens is 2. The lowest BCUT2D eigenvalue weighted by Gasteiger charge is -2.34. The molecule has 1 aromatic heterocycles. The summed E-state index contributed by atoms with van der Waals surface area (Å²) < 4.78 is 1.28. The van der Waals surface area contributed by atoms with Gasteiger partial charge in [-0.2, -0.15) is 14.9 Å². The smallest absolute Gasteiger partial charge is 0.267 e. The second-order valence-electron chi connectivity index (χ2n) is 9.44. The zero-order valence-electron chi connectivity index (χ0n) is 18.1. The molecule has 1 heterocycles. The predicted molar refractivity (Wildman–Crippen MR) is 121 cm³/mol. The zero-order valence-corrected chi connectivity index (χ0v) is 18.1. The third-order valence-corrected chi connectivity index (χ3v) is 7.83. The molecule has 0 radical (unpaired) electrons. The fourth-order valence-corrected chi connectivity index (χ4v) is 5.37. The molecule has 2 aromatic carbocycles. The summed E-state index contributed by atoms with van der Waals surface area (Å²) in [7, 11) is 0. The minimum atomic E-state index is -0.405. The van der Waals surface area contributed by atoms with Crippen molar-refractivity contribution >= 4 is 22.4 Å². The topological polar surface area (TPSA) is 76.3 Å². The first kappa shape index (κ1) is 19.7. The van der Waals surface area contributed by atoms with Gasteiger partial charge in [0.1, 0.15) is 0 Å². The second kappa shape index (κ2) is 6.87. The Kier molecular flexibility index (Phi) is 4.36. The average molecular weight is 415 g/mol. The van der Waals surface area contributed by atoms with Crippen molar-refractivity contribution in [3.05, 3.63) is 70.6 Å². The third-order valence-electron chi connectivity index (χ3n) is 7.83. The van der Waals surface area contributed by atoms with E-state index in [1.54, 1.807) is 36.4 Å². The molecule has 2 atom stereocenters. The number of carbonyl (C=O) groups excluding carboxylic acids is 1. The van der Waals surface area contributed by atoms with Gasteiger partial charge in [0.25, 0.3) is 11.5 Å². The van der Waals surface area contributed by atoms with Crippen molar-refractivity contribution in [1.82, 2.24) is 15.2 Å². The summed E-state index contributed by atoms with van der Waals surface area (Å²) in [5.41, 5.74) is 4.54. The van der Waals surface area contributed by atoms with Gasteiger partial charge in [-0.25, -0.2) is 5.43 Å². The van der Waals surface area contributed by atoms with Gasteiger partial charge < -0.3 is 0 Å². The highest BCUT2D eigenvalue weighted by atomic mass is 16.2. The molecular weight excluding hydrogens is 388 g/mol. The van der Waals surface area contributed by atoms with Crippen LogP contribution in [0.5, 0.6) is 0 Å². The molecule has 0 saturated heterocycles. The molecule has 31 heavy (non-hydrogen) atoms. The molecule has 2 aliphatic carbocycles. The van der Waals surface area contributed by atoms with Crippen LogP contribution < -0.4 is 11.0 Å². The Morgan fingerprint density at radius 3 is 2.39 bits per heavy atom. The number of benzene rings is 2. The minimum Gasteiger partial charge on any atom is -0.267 e. The second-order valence-corrected chi connectivity index (χ2v) is 9.44. The Labute approximate surface area is 181 Å². The summed E-state index contributed by atoms with van der Waals surface area (Å²) in [5, 5.41) is 9.98. The summed E-state index contributed by atoms with van der Waals surface area (Å²) in [4.78, 5) is 26.2. The zero-order chi connectivity index (χ0) is 21.8. The molecule has 0 spiro atoms. The lowest BCUT2D eigenvalue weighted by atomic mass is 9.70. The van der Waals surface area contributed by atoms with Gasteiger partial charge in [-0.15, -0.1) is 0 Å². The summed E-state index contributed by atoms with van der Waals surface area (Å²) in [6, 6.07) is 16.2. The van der Waals surface area contributed by atoms with Crippen LogP contribution in [0.3, 0.4) is 0 Å². The first-order valence-electron chi connectivity index (χ1n) is 10.8. The molecule has 2 aliphatic rings. The van der Waals surface area contributed by atoms with Crippen molar-refractivity contribution in [2.24, 2.45) is 21.8 Å². The molecular formula is C25H26N4O2. The van der Waals surface area contributed by atoms with Crippen molar-refractivity contribution in [1.29, 1.82) is 0 Å². The number of nitrogens with zero attached hydrogens (tertiary/aromatic N) is 3. The molecule has 158 valence electrons. The fourth-order valence-electron chi connectivity index (χ4n) is 5.37. The lowest BCUT2D eigenvalue weighted by Crippen LogP contribution is -2.34. The number of rotatable bonds is 3. The monoisotopic (exact) mass is 414 g/mol. The largest absolute Gasteiger partial charge is 0.292 e. The highest BCUT2D eigenvalue weighted by molar-refractivity contribution is 6.05. The Morgan fingerprint density at radius 2 is 1.74 bits per heavy atom. The number of hydrazone groups is 1. The van der Waals surface area contributed by atoms with E-state index in [1.165, 1.54) is 11.1 Å². The van der Waals surface area contributed by atoms with Crippen LogP contribution in [0.25, 0.3) is 16.5 Å². The third kappa shape index (κ3) is 2.85. The molecule has 5 rings (SSSR count). The fraction of sp³-hybridized carbons (Fsp3) is 0.360. The molecule has 1 amide bonds. The minimum absolute atomic E-state index is 0.00324. The van der Waals surface area contributed by atoms with Gasteiger partial charge in [0.2, 0.25) is 0 Å². The van der Waals surface area contributed by atoms with Gasteiger partial charge in [-0.05, 0) is 48.8 Å². The highest BCUT2D eigenvalue weighted by Crippen LogP contribution is 2.63. The summed E-state index contributed by atoms with van der Waals surface area (Å²) in [6.45, 7) is 6.87. The molecule has 1 N–H and O–H groups in total. The van der Waals surface area contributed by atoms with Crippen molar-refractivity contribution in [2.45, 2.75) is 40.0 Å². The Morgan fingerprint density at radius 1 is 1.06 bits per heavy atom. The van der Waals surface area contributed by atoms with Crippen LogP contribution in [-0.4, -0.2) is 21.4 Å². The Bertz CT molecular complexity index is 1280. The van der Waals surface area contributed by atoms with Crippen LogP contribution in [0.2, 0.25) is 0 Å². The van der Waals surface area contributed by atoms with Crippen LogP contribution >= 0.6 is 0 Å². The van der Waals surface area contributed by atoms with E-state index in [1.807, 2.05) is 18.2 Å². The summed E-state index contributed by atoms with van der Waals surface area (Å²) >= 11 is 0. The number of para-hydroxylation sites is 1. The molecule has 2 bridgehead atoms. The maximum atomic E-state index is 13.2. The van der Waals surface area contributed by atoms with E-state index >= 15 is 0 Å². The number of amides is 1. The van der Waals surface area contributed by atoms with E-state index in [-0.39, 0.29) is 22.1 Å². The predicted octanol–water partition coefficient (Wildman–Crippen LogP) is 4.32. The maximum absolute atomic E-state index is 13.2. The Hall–Kier alpha value is -3.28. The van der Waals surface area contributed by atoms with E-state index in [0.29, 0.717) is 22.4 Å². The van der Waals surface area contributed by atoms with Crippen molar-refractivity contribution in [3.8, 4) is 5.69 Å². The van der Waals surface area contributed by atoms with Crippen LogP contribution in [0, 0.1) is 16.7 Å². The van der Waals surface area contributed by atoms with Crippen molar-refractivity contribution in [2.75, 3.05) is 0 Å². The number of nitrogens with one attached hydrogen (secondary N) is 1. The number of hydrogen-bond acceptors (Lipinski definition) is 4. The van der Waals surface area contributed by atoms with Crippen LogP contribution in [0.4, 0.5) is 0 Å².